The van der Waals surface area contributed by atoms with Crippen LogP contribution in [0.3, 0.4) is 0 Å². The minimum Gasteiger partial charge on any atom is -0.411 e. The summed E-state index contributed by atoms with van der Waals surface area (Å²) in [5, 5.41) is 11.9. The van der Waals surface area contributed by atoms with Crippen molar-refractivity contribution in [3.63, 3.8) is 0 Å². The van der Waals surface area contributed by atoms with Crippen LogP contribution in [0.4, 0.5) is 0 Å². The third kappa shape index (κ3) is 2.06. The van der Waals surface area contributed by atoms with E-state index in [9.17, 15) is 9.59 Å². The van der Waals surface area contributed by atoms with E-state index < -0.39 is 0 Å². The van der Waals surface area contributed by atoms with Crippen molar-refractivity contribution in [2.45, 2.75) is 39.0 Å². The number of hydrogen-bond acceptors (Lipinski definition) is 4. The van der Waals surface area contributed by atoms with Gasteiger partial charge in [-0.3, -0.25) is 14.5 Å². The molecule has 1 saturated heterocycles. The summed E-state index contributed by atoms with van der Waals surface area (Å²) in [5.41, 5.74) is 0.643. The number of nitrogens with zero attached hydrogens (tertiary/aromatic N) is 2. The number of carbonyl (C=O) groups is 2. The highest BCUT2D eigenvalue weighted by Gasteiger charge is 2.49. The summed E-state index contributed by atoms with van der Waals surface area (Å²) < 4.78 is 0. The average Bonchev–Trinajstić information content (AvgIpc) is 2.59. The van der Waals surface area contributed by atoms with Crippen molar-refractivity contribution in [3.05, 3.63) is 0 Å². The lowest BCUT2D eigenvalue weighted by Crippen LogP contribution is -2.32. The van der Waals surface area contributed by atoms with Gasteiger partial charge in [0, 0.05) is 13.0 Å². The van der Waals surface area contributed by atoms with Crippen molar-refractivity contribution in [2.75, 3.05) is 6.54 Å². The minimum absolute atomic E-state index is 0.0227. The lowest BCUT2D eigenvalue weighted by Gasteiger charge is -2.20. The van der Waals surface area contributed by atoms with Crippen LogP contribution in [0.2, 0.25) is 0 Å². The van der Waals surface area contributed by atoms with Crippen LogP contribution in [-0.2, 0) is 9.59 Å². The van der Waals surface area contributed by atoms with Crippen LogP contribution in [0.15, 0.2) is 5.16 Å². The van der Waals surface area contributed by atoms with Crippen molar-refractivity contribution in [2.24, 2.45) is 17.0 Å². The summed E-state index contributed by atoms with van der Waals surface area (Å²) in [5.74, 6) is -0.552. The van der Waals surface area contributed by atoms with Crippen LogP contribution >= 0.6 is 0 Å². The van der Waals surface area contributed by atoms with Gasteiger partial charge in [-0.25, -0.2) is 0 Å². The zero-order valence-corrected chi connectivity index (χ0v) is 10.1. The van der Waals surface area contributed by atoms with Crippen LogP contribution in [-0.4, -0.2) is 34.2 Å². The first-order chi connectivity index (χ1) is 8.19. The zero-order chi connectivity index (χ0) is 12.4. The van der Waals surface area contributed by atoms with Crippen LogP contribution in [0.25, 0.3) is 0 Å². The fourth-order valence-electron chi connectivity index (χ4n) is 2.71. The normalized spacial score (nSPS) is 31.1. The SMILES string of the molecule is CCCCN1C(=O)[C@H]2CC/C(=N\O)C[C@@H]2C1=O. The van der Waals surface area contributed by atoms with Gasteiger partial charge in [0.25, 0.3) is 0 Å². The second-order valence-electron chi connectivity index (χ2n) is 4.80. The molecule has 0 aromatic carbocycles. The fraction of sp³-hybridized carbons (Fsp3) is 0.750. The van der Waals surface area contributed by atoms with E-state index in [2.05, 4.69) is 5.16 Å². The largest absolute Gasteiger partial charge is 0.411 e. The second-order valence-corrected chi connectivity index (χ2v) is 4.80. The predicted molar refractivity (Wildman–Crippen MR) is 61.7 cm³/mol. The van der Waals surface area contributed by atoms with E-state index >= 15 is 0 Å². The highest BCUT2D eigenvalue weighted by molar-refractivity contribution is 6.08. The first-order valence-electron chi connectivity index (χ1n) is 6.24. The number of rotatable bonds is 3. The van der Waals surface area contributed by atoms with E-state index in [4.69, 9.17) is 5.21 Å². The molecule has 2 fully saturated rings. The van der Waals surface area contributed by atoms with Crippen molar-refractivity contribution < 1.29 is 14.8 Å². The first kappa shape index (κ1) is 12.1. The monoisotopic (exact) mass is 238 g/mol. The molecule has 0 bridgehead atoms. The number of carbonyl (C=O) groups excluding carboxylic acids is 2. The van der Waals surface area contributed by atoms with E-state index in [-0.39, 0.29) is 23.7 Å². The molecule has 1 aliphatic heterocycles. The number of oxime groups is 1. The van der Waals surface area contributed by atoms with Gasteiger partial charge >= 0.3 is 0 Å². The first-order valence-corrected chi connectivity index (χ1v) is 6.24. The fourth-order valence-corrected chi connectivity index (χ4v) is 2.71. The summed E-state index contributed by atoms with van der Waals surface area (Å²) in [7, 11) is 0. The zero-order valence-electron chi connectivity index (χ0n) is 10.1. The van der Waals surface area contributed by atoms with Gasteiger partial charge in [-0.1, -0.05) is 18.5 Å². The summed E-state index contributed by atoms with van der Waals surface area (Å²) >= 11 is 0. The molecular formula is C12H18N2O3. The molecule has 1 aliphatic carbocycles. The van der Waals surface area contributed by atoms with Gasteiger partial charge in [0.15, 0.2) is 0 Å². The van der Waals surface area contributed by atoms with Gasteiger partial charge in [-0.2, -0.15) is 0 Å². The highest BCUT2D eigenvalue weighted by atomic mass is 16.4. The third-order valence-corrected chi connectivity index (χ3v) is 3.73. The molecule has 2 amide bonds. The number of hydrogen-bond donors (Lipinski definition) is 1. The summed E-state index contributed by atoms with van der Waals surface area (Å²) in [6.45, 7) is 2.57. The lowest BCUT2D eigenvalue weighted by atomic mass is 9.80. The number of amides is 2. The van der Waals surface area contributed by atoms with E-state index in [0.29, 0.717) is 31.5 Å². The van der Waals surface area contributed by atoms with E-state index in [0.717, 1.165) is 12.8 Å². The molecule has 5 nitrogen and oxygen atoms in total. The Kier molecular flexibility index (Phi) is 3.45. The van der Waals surface area contributed by atoms with Crippen molar-refractivity contribution >= 4 is 17.5 Å². The molecule has 0 aromatic rings. The van der Waals surface area contributed by atoms with Gasteiger partial charge < -0.3 is 5.21 Å². The Balaban J connectivity index is 2.11. The highest BCUT2D eigenvalue weighted by Crippen LogP contribution is 2.37. The minimum atomic E-state index is -0.279. The van der Waals surface area contributed by atoms with E-state index in [1.54, 1.807) is 0 Å². The van der Waals surface area contributed by atoms with Gasteiger partial charge in [0.2, 0.25) is 11.8 Å². The average molecular weight is 238 g/mol. The Morgan fingerprint density at radius 2 is 2.06 bits per heavy atom. The molecule has 2 aliphatic rings. The summed E-state index contributed by atoms with van der Waals surface area (Å²) in [6, 6.07) is 0. The van der Waals surface area contributed by atoms with Gasteiger partial charge in [0.05, 0.1) is 17.5 Å². The Morgan fingerprint density at radius 3 is 2.71 bits per heavy atom. The van der Waals surface area contributed by atoms with Crippen LogP contribution in [0.5, 0.6) is 0 Å². The van der Waals surface area contributed by atoms with Gasteiger partial charge in [0.1, 0.15) is 0 Å². The smallest absolute Gasteiger partial charge is 0.233 e. The topological polar surface area (TPSA) is 70.0 Å². The quantitative estimate of drug-likeness (QED) is 0.459. The molecule has 1 N–H and O–H groups in total. The molecule has 0 radical (unpaired) electrons. The molecule has 0 unspecified atom stereocenters. The Hall–Kier alpha value is -1.39. The molecule has 0 aromatic heterocycles. The van der Waals surface area contributed by atoms with Crippen molar-refractivity contribution in [3.8, 4) is 0 Å². The predicted octanol–water partition coefficient (Wildman–Crippen LogP) is 1.40. The van der Waals surface area contributed by atoms with Crippen molar-refractivity contribution in [1.29, 1.82) is 0 Å². The van der Waals surface area contributed by atoms with Crippen molar-refractivity contribution in [1.82, 2.24) is 4.90 Å². The number of fused-ring (bicyclic) bond motifs is 1. The number of imide groups is 1. The standard InChI is InChI=1S/C12H18N2O3/c1-2-3-6-14-11(15)9-5-4-8(13-17)7-10(9)12(14)16/h9-10,17H,2-7H2,1H3/b13-8+/t9-,10-/m0/s1. The third-order valence-electron chi connectivity index (χ3n) is 3.73. The number of unbranched alkanes of at least 4 members (excludes halogenated alkanes) is 1. The lowest BCUT2D eigenvalue weighted by molar-refractivity contribution is -0.139. The van der Waals surface area contributed by atoms with Gasteiger partial charge in [-0.15, -0.1) is 0 Å². The molecule has 0 spiro atoms. The maximum atomic E-state index is 12.1. The second kappa shape index (κ2) is 4.85. The molecule has 2 rings (SSSR count). The van der Waals surface area contributed by atoms with Crippen LogP contribution in [0.1, 0.15) is 39.0 Å². The van der Waals surface area contributed by atoms with E-state index in [1.165, 1.54) is 4.90 Å². The van der Waals surface area contributed by atoms with Gasteiger partial charge in [-0.05, 0) is 19.3 Å². The van der Waals surface area contributed by atoms with E-state index in [1.807, 2.05) is 6.92 Å². The van der Waals surface area contributed by atoms with Crippen LogP contribution < -0.4 is 0 Å². The Bertz CT molecular complexity index is 365. The molecule has 5 heteroatoms. The Labute approximate surface area is 100 Å². The maximum Gasteiger partial charge on any atom is 0.233 e. The molecular weight excluding hydrogens is 220 g/mol. The molecule has 94 valence electrons. The van der Waals surface area contributed by atoms with Crippen LogP contribution in [0, 0.1) is 11.8 Å². The summed E-state index contributed by atoms with van der Waals surface area (Å²) in [6.07, 6.45) is 3.53. The molecule has 1 saturated carbocycles. The summed E-state index contributed by atoms with van der Waals surface area (Å²) in [4.78, 5) is 25.5. The Morgan fingerprint density at radius 1 is 1.35 bits per heavy atom. The maximum absolute atomic E-state index is 12.1. The number of likely N-dealkylation sites (tertiary alicyclic amines) is 1. The molecule has 17 heavy (non-hydrogen) atoms. The molecule has 2 atom stereocenters. The molecule has 1 heterocycles.